The number of rotatable bonds is 8. The van der Waals surface area contributed by atoms with Gasteiger partial charge in [-0.1, -0.05) is 60.7 Å². The Bertz CT molecular complexity index is 1340. The fraction of sp³-hybridized carbons (Fsp3) is 0.259. The van der Waals surface area contributed by atoms with Crippen molar-refractivity contribution in [3.05, 3.63) is 95.6 Å². The van der Waals surface area contributed by atoms with Crippen molar-refractivity contribution >= 4 is 21.8 Å². The molecule has 1 unspecified atom stereocenters. The number of nitrogens with zero attached hydrogens (tertiary/aromatic N) is 2. The number of amidine groups is 1. The molecule has 0 saturated carbocycles. The van der Waals surface area contributed by atoms with Crippen LogP contribution in [-0.2, 0) is 27.8 Å². The maximum Gasteiger partial charge on any atom is 0.263 e. The van der Waals surface area contributed by atoms with E-state index in [1.165, 1.54) is 6.07 Å². The van der Waals surface area contributed by atoms with Crippen LogP contribution in [0.5, 0.6) is 5.75 Å². The maximum atomic E-state index is 13.7. The normalized spacial score (nSPS) is 16.7. The lowest BCUT2D eigenvalue weighted by atomic mass is 10.0. The van der Waals surface area contributed by atoms with E-state index in [0.717, 1.165) is 16.9 Å². The Morgan fingerprint density at radius 1 is 0.971 bits per heavy atom. The molecule has 3 aromatic carbocycles. The third-order valence-electron chi connectivity index (χ3n) is 6.06. The fourth-order valence-electron chi connectivity index (χ4n) is 4.25. The topological polar surface area (TPSA) is 88.1 Å². The minimum absolute atomic E-state index is 0.158. The van der Waals surface area contributed by atoms with E-state index in [4.69, 9.17) is 4.74 Å². The molecule has 1 N–H and O–H groups in total. The SMILES string of the molecule is COc1ccccc1CC(C)N(Cc1ccccc1)C(=O)[C@H](C)N=C1NS(=O)(=O)c2ccccc21. The van der Waals surface area contributed by atoms with E-state index in [0.29, 0.717) is 18.5 Å². The van der Waals surface area contributed by atoms with Gasteiger partial charge in [0.05, 0.1) is 12.0 Å². The van der Waals surface area contributed by atoms with E-state index in [-0.39, 0.29) is 22.7 Å². The van der Waals surface area contributed by atoms with Gasteiger partial charge in [0.15, 0.2) is 0 Å². The number of carbonyl (C=O) groups excluding carboxylic acids is 1. The number of amides is 1. The standard InChI is InChI=1S/C27H29N3O4S/c1-19(17-22-13-7-9-15-24(22)34-3)30(18-21-11-5-4-6-12-21)27(31)20(2)28-26-23-14-8-10-16-25(23)35(32,33)29-26/h4-16,19-20H,17-18H2,1-3H3,(H,28,29)/t19?,20-/m0/s1. The lowest BCUT2D eigenvalue weighted by Crippen LogP contribution is -2.44. The molecule has 0 saturated heterocycles. The lowest BCUT2D eigenvalue weighted by Gasteiger charge is -2.31. The van der Waals surface area contributed by atoms with Crippen LogP contribution in [0.15, 0.2) is 88.8 Å². The van der Waals surface area contributed by atoms with Crippen LogP contribution in [0.2, 0.25) is 0 Å². The minimum atomic E-state index is -3.68. The molecule has 1 heterocycles. The molecule has 182 valence electrons. The van der Waals surface area contributed by atoms with Gasteiger partial charge in [0.2, 0.25) is 5.91 Å². The molecule has 7 nitrogen and oxygen atoms in total. The number of fused-ring (bicyclic) bond motifs is 1. The molecule has 1 amide bonds. The highest BCUT2D eigenvalue weighted by molar-refractivity contribution is 7.90. The number of para-hydroxylation sites is 1. The van der Waals surface area contributed by atoms with Gasteiger partial charge >= 0.3 is 0 Å². The van der Waals surface area contributed by atoms with Crippen LogP contribution < -0.4 is 9.46 Å². The molecule has 0 fully saturated rings. The zero-order valence-corrected chi connectivity index (χ0v) is 20.8. The van der Waals surface area contributed by atoms with Crippen molar-refractivity contribution in [2.24, 2.45) is 4.99 Å². The number of aliphatic imine (C=N–C) groups is 1. The van der Waals surface area contributed by atoms with Gasteiger partial charge in [-0.2, -0.15) is 0 Å². The zero-order chi connectivity index (χ0) is 25.0. The Labute approximate surface area is 206 Å². The third-order valence-corrected chi connectivity index (χ3v) is 7.46. The summed E-state index contributed by atoms with van der Waals surface area (Å²) in [7, 11) is -2.05. The monoisotopic (exact) mass is 491 g/mol. The van der Waals surface area contributed by atoms with Gasteiger partial charge in [0.25, 0.3) is 10.0 Å². The highest BCUT2D eigenvalue weighted by Gasteiger charge is 2.32. The quantitative estimate of drug-likeness (QED) is 0.519. The average molecular weight is 492 g/mol. The first-order valence-corrected chi connectivity index (χ1v) is 12.9. The highest BCUT2D eigenvalue weighted by Crippen LogP contribution is 2.24. The summed E-state index contributed by atoms with van der Waals surface area (Å²) >= 11 is 0. The van der Waals surface area contributed by atoms with Crippen molar-refractivity contribution in [2.45, 2.75) is 43.8 Å². The van der Waals surface area contributed by atoms with Crippen LogP contribution in [0.3, 0.4) is 0 Å². The molecular formula is C27H29N3O4S. The number of nitrogens with one attached hydrogen (secondary N) is 1. The van der Waals surface area contributed by atoms with Crippen molar-refractivity contribution in [3.8, 4) is 5.75 Å². The van der Waals surface area contributed by atoms with E-state index in [2.05, 4.69) is 9.71 Å². The number of ether oxygens (including phenoxy) is 1. The maximum absolute atomic E-state index is 13.7. The molecule has 1 aliphatic heterocycles. The second-order valence-electron chi connectivity index (χ2n) is 8.57. The molecule has 3 aromatic rings. The van der Waals surface area contributed by atoms with Gasteiger partial charge in [-0.15, -0.1) is 0 Å². The molecule has 0 radical (unpaired) electrons. The summed E-state index contributed by atoms with van der Waals surface area (Å²) in [6.45, 7) is 4.10. The predicted octanol–water partition coefficient (Wildman–Crippen LogP) is 3.78. The van der Waals surface area contributed by atoms with Crippen molar-refractivity contribution in [1.82, 2.24) is 9.62 Å². The summed E-state index contributed by atoms with van der Waals surface area (Å²) in [4.78, 5) is 20.2. The Hall–Kier alpha value is -3.65. The zero-order valence-electron chi connectivity index (χ0n) is 20.0. The molecule has 1 aliphatic rings. The largest absolute Gasteiger partial charge is 0.496 e. The number of carbonyl (C=O) groups is 1. The molecule has 0 bridgehead atoms. The van der Waals surface area contributed by atoms with Gasteiger partial charge in [-0.25, -0.2) is 8.42 Å². The van der Waals surface area contributed by atoms with Crippen molar-refractivity contribution in [1.29, 1.82) is 0 Å². The smallest absolute Gasteiger partial charge is 0.263 e. The molecule has 0 aromatic heterocycles. The van der Waals surface area contributed by atoms with E-state index in [1.54, 1.807) is 37.1 Å². The molecule has 2 atom stereocenters. The van der Waals surface area contributed by atoms with E-state index in [9.17, 15) is 13.2 Å². The first-order valence-electron chi connectivity index (χ1n) is 11.5. The van der Waals surface area contributed by atoms with E-state index < -0.39 is 16.1 Å². The Morgan fingerprint density at radius 2 is 1.63 bits per heavy atom. The molecule has 4 rings (SSSR count). The second-order valence-corrected chi connectivity index (χ2v) is 10.2. The second kappa shape index (κ2) is 10.3. The van der Waals surface area contributed by atoms with Crippen molar-refractivity contribution in [2.75, 3.05) is 7.11 Å². The van der Waals surface area contributed by atoms with Gasteiger partial charge in [-0.05, 0) is 49.6 Å². The lowest BCUT2D eigenvalue weighted by molar-refractivity contribution is -0.134. The number of benzene rings is 3. The van der Waals surface area contributed by atoms with Crippen molar-refractivity contribution in [3.63, 3.8) is 0 Å². The van der Waals surface area contributed by atoms with Gasteiger partial charge in [-0.3, -0.25) is 14.5 Å². The Balaban J connectivity index is 1.63. The van der Waals surface area contributed by atoms with Crippen LogP contribution in [0, 0.1) is 0 Å². The predicted molar refractivity (Wildman–Crippen MR) is 136 cm³/mol. The first-order chi connectivity index (χ1) is 16.8. The average Bonchev–Trinajstić information content (AvgIpc) is 3.12. The fourth-order valence-corrected chi connectivity index (χ4v) is 5.49. The molecule has 8 heteroatoms. The number of hydrogen-bond donors (Lipinski definition) is 1. The van der Waals surface area contributed by atoms with Crippen LogP contribution in [0.4, 0.5) is 0 Å². The van der Waals surface area contributed by atoms with Crippen molar-refractivity contribution < 1.29 is 17.9 Å². The van der Waals surface area contributed by atoms with Gasteiger partial charge in [0.1, 0.15) is 17.6 Å². The minimum Gasteiger partial charge on any atom is -0.496 e. The Kier molecular flexibility index (Phi) is 7.21. The number of methoxy groups -OCH3 is 1. The summed E-state index contributed by atoms with van der Waals surface area (Å²) < 4.78 is 32.9. The van der Waals surface area contributed by atoms with E-state index >= 15 is 0 Å². The van der Waals surface area contributed by atoms with Crippen LogP contribution in [0.25, 0.3) is 0 Å². The number of hydrogen-bond acceptors (Lipinski definition) is 5. The molecular weight excluding hydrogens is 462 g/mol. The number of sulfonamides is 1. The summed E-state index contributed by atoms with van der Waals surface area (Å²) in [5.74, 6) is 0.780. The highest BCUT2D eigenvalue weighted by atomic mass is 32.2. The van der Waals surface area contributed by atoms with Gasteiger partial charge < -0.3 is 9.64 Å². The molecule has 35 heavy (non-hydrogen) atoms. The molecule has 0 aliphatic carbocycles. The summed E-state index contributed by atoms with van der Waals surface area (Å²) in [5.41, 5.74) is 2.48. The first kappa shape index (κ1) is 24.5. The molecule has 0 spiro atoms. The third kappa shape index (κ3) is 5.38. The summed E-state index contributed by atoms with van der Waals surface area (Å²) in [5, 5.41) is 0. The van der Waals surface area contributed by atoms with E-state index in [1.807, 2.05) is 61.5 Å². The van der Waals surface area contributed by atoms with Crippen LogP contribution in [0.1, 0.15) is 30.5 Å². The summed E-state index contributed by atoms with van der Waals surface area (Å²) in [6, 6.07) is 23.2. The van der Waals surface area contributed by atoms with Crippen LogP contribution in [-0.4, -0.2) is 44.3 Å². The van der Waals surface area contributed by atoms with Crippen LogP contribution >= 0.6 is 0 Å². The Morgan fingerprint density at radius 3 is 2.37 bits per heavy atom. The van der Waals surface area contributed by atoms with Gasteiger partial charge in [0, 0.05) is 18.2 Å². The summed E-state index contributed by atoms with van der Waals surface area (Å²) in [6.07, 6.45) is 0.599.